The van der Waals surface area contributed by atoms with Crippen molar-refractivity contribution >= 4 is 5.91 Å². The van der Waals surface area contributed by atoms with Gasteiger partial charge < -0.3 is 15.2 Å². The Balaban J connectivity index is 2.72. The van der Waals surface area contributed by atoms with Crippen LogP contribution in [0.5, 0.6) is 0 Å². The first-order valence-corrected chi connectivity index (χ1v) is 6.27. The highest BCUT2D eigenvalue weighted by Gasteiger charge is 2.11. The molecule has 108 valence electrons. The second kappa shape index (κ2) is 8.31. The van der Waals surface area contributed by atoms with Crippen LogP contribution in [0.15, 0.2) is 18.2 Å². The highest BCUT2D eigenvalue weighted by Crippen LogP contribution is 2.10. The van der Waals surface area contributed by atoms with Crippen molar-refractivity contribution in [1.82, 2.24) is 5.32 Å². The number of amides is 1. The maximum absolute atomic E-state index is 13.7. The number of methoxy groups -OCH3 is 1. The Kier molecular flexibility index (Phi) is 6.71. The Hall–Kier alpha value is -1.90. The van der Waals surface area contributed by atoms with Gasteiger partial charge in [0.25, 0.3) is 5.91 Å². The number of halogens is 1. The lowest BCUT2D eigenvalue weighted by Gasteiger charge is -2.13. The number of benzene rings is 1. The molecule has 0 saturated heterocycles. The summed E-state index contributed by atoms with van der Waals surface area (Å²) < 4.78 is 18.6. The van der Waals surface area contributed by atoms with Crippen LogP contribution in [0, 0.1) is 17.7 Å². The van der Waals surface area contributed by atoms with Crippen LogP contribution in [0.2, 0.25) is 0 Å². The highest BCUT2D eigenvalue weighted by molar-refractivity contribution is 5.94. The first kappa shape index (κ1) is 16.2. The van der Waals surface area contributed by atoms with E-state index in [9.17, 15) is 9.18 Å². The maximum Gasteiger partial charge on any atom is 0.251 e. The summed E-state index contributed by atoms with van der Waals surface area (Å²) in [7, 11) is 1.59. The fourth-order valence-electron chi connectivity index (χ4n) is 1.57. The minimum Gasteiger partial charge on any atom is -0.385 e. The van der Waals surface area contributed by atoms with Crippen molar-refractivity contribution in [2.24, 2.45) is 0 Å². The van der Waals surface area contributed by atoms with E-state index in [-0.39, 0.29) is 29.7 Å². The van der Waals surface area contributed by atoms with Gasteiger partial charge in [0.1, 0.15) is 12.4 Å². The fourth-order valence-corrected chi connectivity index (χ4v) is 1.57. The summed E-state index contributed by atoms with van der Waals surface area (Å²) in [5.41, 5.74) is 0.393. The third-order valence-electron chi connectivity index (χ3n) is 2.67. The molecule has 2 N–H and O–H groups in total. The molecule has 1 aromatic rings. The van der Waals surface area contributed by atoms with E-state index in [4.69, 9.17) is 9.84 Å². The van der Waals surface area contributed by atoms with Gasteiger partial charge in [-0.1, -0.05) is 11.8 Å². The maximum atomic E-state index is 13.7. The minimum atomic E-state index is -0.580. The van der Waals surface area contributed by atoms with Crippen molar-refractivity contribution in [3.05, 3.63) is 35.1 Å². The van der Waals surface area contributed by atoms with Gasteiger partial charge in [-0.25, -0.2) is 4.39 Å². The molecule has 0 spiro atoms. The molecular weight excluding hydrogens is 261 g/mol. The SMILES string of the molecule is COCCC(C)NC(=O)c1ccc(C#CCO)c(F)c1. The van der Waals surface area contributed by atoms with Gasteiger partial charge in [0.05, 0.1) is 5.56 Å². The van der Waals surface area contributed by atoms with Gasteiger partial charge in [0.2, 0.25) is 0 Å². The highest BCUT2D eigenvalue weighted by atomic mass is 19.1. The Bertz CT molecular complexity index is 520. The molecule has 0 radical (unpaired) electrons. The summed E-state index contributed by atoms with van der Waals surface area (Å²) in [5, 5.41) is 11.3. The van der Waals surface area contributed by atoms with Gasteiger partial charge in [-0.3, -0.25) is 4.79 Å². The van der Waals surface area contributed by atoms with Crippen molar-refractivity contribution in [3.8, 4) is 11.8 Å². The van der Waals surface area contributed by atoms with E-state index < -0.39 is 5.82 Å². The molecule has 1 rings (SSSR count). The predicted octanol–water partition coefficient (Wildman–Crippen LogP) is 1.32. The van der Waals surface area contributed by atoms with E-state index in [0.717, 1.165) is 6.07 Å². The molecule has 0 fully saturated rings. The van der Waals surface area contributed by atoms with E-state index in [1.807, 2.05) is 6.92 Å². The van der Waals surface area contributed by atoms with Crippen LogP contribution in [0.25, 0.3) is 0 Å². The van der Waals surface area contributed by atoms with E-state index in [1.54, 1.807) is 7.11 Å². The van der Waals surface area contributed by atoms with Crippen LogP contribution in [-0.2, 0) is 4.74 Å². The molecule has 0 bridgehead atoms. The van der Waals surface area contributed by atoms with E-state index in [0.29, 0.717) is 13.0 Å². The normalized spacial score (nSPS) is 11.4. The molecule has 0 aliphatic rings. The summed E-state index contributed by atoms with van der Waals surface area (Å²) in [5.74, 6) is 3.92. The molecule has 1 atom stereocenters. The average Bonchev–Trinajstić information content (AvgIpc) is 2.43. The quantitative estimate of drug-likeness (QED) is 0.799. The van der Waals surface area contributed by atoms with Crippen LogP contribution < -0.4 is 5.32 Å². The Morgan fingerprint density at radius 3 is 2.90 bits per heavy atom. The van der Waals surface area contributed by atoms with Crippen LogP contribution in [-0.4, -0.2) is 37.4 Å². The number of ether oxygens (including phenoxy) is 1. The van der Waals surface area contributed by atoms with Gasteiger partial charge >= 0.3 is 0 Å². The van der Waals surface area contributed by atoms with E-state index >= 15 is 0 Å². The summed E-state index contributed by atoms with van der Waals surface area (Å²) in [4.78, 5) is 11.9. The standard InChI is InChI=1S/C15H18FNO3/c1-11(7-9-20-2)17-15(19)13-6-5-12(4-3-8-18)14(16)10-13/h5-6,10-11,18H,7-9H2,1-2H3,(H,17,19). The number of nitrogens with one attached hydrogen (secondary N) is 1. The van der Waals surface area contributed by atoms with Gasteiger partial charge in [-0.15, -0.1) is 0 Å². The number of carbonyl (C=O) groups excluding carboxylic acids is 1. The molecular formula is C15H18FNO3. The number of aliphatic hydroxyl groups excluding tert-OH is 1. The van der Waals surface area contributed by atoms with Crippen LogP contribution in [0.3, 0.4) is 0 Å². The number of aliphatic hydroxyl groups is 1. The molecule has 0 heterocycles. The lowest BCUT2D eigenvalue weighted by atomic mass is 10.1. The van der Waals surface area contributed by atoms with Gasteiger partial charge in [0.15, 0.2) is 0 Å². The monoisotopic (exact) mass is 279 g/mol. The molecule has 5 heteroatoms. The molecule has 0 aliphatic carbocycles. The van der Waals surface area contributed by atoms with Crippen molar-refractivity contribution in [3.63, 3.8) is 0 Å². The molecule has 0 aliphatic heterocycles. The number of hydrogen-bond acceptors (Lipinski definition) is 3. The predicted molar refractivity (Wildman–Crippen MR) is 73.8 cm³/mol. The van der Waals surface area contributed by atoms with Crippen LogP contribution in [0.4, 0.5) is 4.39 Å². The van der Waals surface area contributed by atoms with Gasteiger partial charge in [-0.05, 0) is 31.5 Å². The minimum absolute atomic E-state index is 0.0561. The molecule has 4 nitrogen and oxygen atoms in total. The zero-order valence-electron chi connectivity index (χ0n) is 11.6. The molecule has 20 heavy (non-hydrogen) atoms. The van der Waals surface area contributed by atoms with E-state index in [1.165, 1.54) is 12.1 Å². The van der Waals surface area contributed by atoms with Crippen molar-refractivity contribution in [2.75, 3.05) is 20.3 Å². The summed E-state index contributed by atoms with van der Waals surface area (Å²) in [6.45, 7) is 2.07. The molecule has 1 amide bonds. The zero-order chi connectivity index (χ0) is 15.0. The van der Waals surface area contributed by atoms with Crippen LogP contribution in [0.1, 0.15) is 29.3 Å². The second-order valence-corrected chi connectivity index (χ2v) is 4.31. The lowest BCUT2D eigenvalue weighted by molar-refractivity contribution is 0.0929. The van der Waals surface area contributed by atoms with Crippen molar-refractivity contribution in [2.45, 2.75) is 19.4 Å². The first-order chi connectivity index (χ1) is 9.58. The van der Waals surface area contributed by atoms with E-state index in [2.05, 4.69) is 17.2 Å². The Morgan fingerprint density at radius 1 is 1.55 bits per heavy atom. The summed E-state index contributed by atoms with van der Waals surface area (Å²) >= 11 is 0. The van der Waals surface area contributed by atoms with Gasteiger partial charge in [0, 0.05) is 25.3 Å². The summed E-state index contributed by atoms with van der Waals surface area (Å²) in [6.07, 6.45) is 0.685. The topological polar surface area (TPSA) is 58.6 Å². The molecule has 0 saturated carbocycles. The average molecular weight is 279 g/mol. The molecule has 1 aromatic carbocycles. The smallest absolute Gasteiger partial charge is 0.251 e. The first-order valence-electron chi connectivity index (χ1n) is 6.27. The Labute approximate surface area is 117 Å². The fraction of sp³-hybridized carbons (Fsp3) is 0.400. The number of carbonyl (C=O) groups is 1. The largest absolute Gasteiger partial charge is 0.385 e. The second-order valence-electron chi connectivity index (χ2n) is 4.31. The molecule has 1 unspecified atom stereocenters. The third kappa shape index (κ3) is 5.00. The van der Waals surface area contributed by atoms with Crippen molar-refractivity contribution < 1.29 is 19.0 Å². The number of hydrogen-bond donors (Lipinski definition) is 2. The number of rotatable bonds is 5. The van der Waals surface area contributed by atoms with Gasteiger partial charge in [-0.2, -0.15) is 0 Å². The molecule has 0 aromatic heterocycles. The van der Waals surface area contributed by atoms with Crippen LogP contribution >= 0.6 is 0 Å². The third-order valence-corrected chi connectivity index (χ3v) is 2.67. The lowest BCUT2D eigenvalue weighted by Crippen LogP contribution is -2.33. The van der Waals surface area contributed by atoms with Crippen molar-refractivity contribution in [1.29, 1.82) is 0 Å². The zero-order valence-corrected chi connectivity index (χ0v) is 11.6. The summed E-state index contributed by atoms with van der Waals surface area (Å²) in [6, 6.07) is 4.01. The Morgan fingerprint density at radius 2 is 2.30 bits per heavy atom.